The SMILES string of the molecule is O=c1cc(CNc2ccc(F)cc2)nc2ccc(Cl)cn12. The molecule has 3 aromatic rings. The number of benzene rings is 1. The van der Waals surface area contributed by atoms with Crippen molar-refractivity contribution in [3.05, 3.63) is 75.5 Å². The Morgan fingerprint density at radius 3 is 2.71 bits per heavy atom. The van der Waals surface area contributed by atoms with Gasteiger partial charge >= 0.3 is 0 Å². The van der Waals surface area contributed by atoms with Crippen LogP contribution in [-0.2, 0) is 6.54 Å². The number of hydrogen-bond donors (Lipinski definition) is 1. The number of hydrogen-bond acceptors (Lipinski definition) is 3. The van der Waals surface area contributed by atoms with Crippen molar-refractivity contribution in [2.45, 2.75) is 6.54 Å². The maximum absolute atomic E-state index is 12.8. The highest BCUT2D eigenvalue weighted by atomic mass is 35.5. The third-order valence-electron chi connectivity index (χ3n) is 2.99. The third-order valence-corrected chi connectivity index (χ3v) is 3.22. The van der Waals surface area contributed by atoms with E-state index in [0.29, 0.717) is 22.9 Å². The van der Waals surface area contributed by atoms with Gasteiger partial charge in [0.15, 0.2) is 0 Å². The molecule has 0 aliphatic heterocycles. The Morgan fingerprint density at radius 2 is 1.95 bits per heavy atom. The molecule has 2 aromatic heterocycles. The number of fused-ring (bicyclic) bond motifs is 1. The monoisotopic (exact) mass is 303 g/mol. The van der Waals surface area contributed by atoms with E-state index in [9.17, 15) is 9.18 Å². The lowest BCUT2D eigenvalue weighted by molar-refractivity contribution is 0.628. The Balaban J connectivity index is 1.86. The molecule has 0 aliphatic rings. The minimum atomic E-state index is -0.292. The number of rotatable bonds is 3. The molecule has 2 heterocycles. The summed E-state index contributed by atoms with van der Waals surface area (Å²) in [4.78, 5) is 16.4. The summed E-state index contributed by atoms with van der Waals surface area (Å²) in [5, 5.41) is 3.56. The molecule has 0 saturated heterocycles. The zero-order valence-electron chi connectivity index (χ0n) is 10.9. The Labute approximate surface area is 124 Å². The van der Waals surface area contributed by atoms with Crippen molar-refractivity contribution in [3.8, 4) is 0 Å². The van der Waals surface area contributed by atoms with Gasteiger partial charge in [0.05, 0.1) is 17.3 Å². The molecule has 0 saturated carbocycles. The van der Waals surface area contributed by atoms with Crippen molar-refractivity contribution in [2.75, 3.05) is 5.32 Å². The smallest absolute Gasteiger partial charge is 0.258 e. The molecular formula is C15H11ClFN3O. The van der Waals surface area contributed by atoms with Crippen molar-refractivity contribution in [1.82, 2.24) is 9.38 Å². The van der Waals surface area contributed by atoms with E-state index in [-0.39, 0.29) is 11.4 Å². The van der Waals surface area contributed by atoms with Crippen LogP contribution in [0.4, 0.5) is 10.1 Å². The van der Waals surface area contributed by atoms with E-state index in [0.717, 1.165) is 5.69 Å². The van der Waals surface area contributed by atoms with Crippen LogP contribution in [0.1, 0.15) is 5.69 Å². The first kappa shape index (κ1) is 13.6. The molecule has 4 nitrogen and oxygen atoms in total. The Morgan fingerprint density at radius 1 is 1.19 bits per heavy atom. The molecule has 0 amide bonds. The van der Waals surface area contributed by atoms with Crippen molar-refractivity contribution >= 4 is 22.9 Å². The van der Waals surface area contributed by atoms with Gasteiger partial charge < -0.3 is 5.32 Å². The molecule has 0 unspecified atom stereocenters. The first-order valence-electron chi connectivity index (χ1n) is 6.29. The fraction of sp³-hybridized carbons (Fsp3) is 0.0667. The predicted molar refractivity (Wildman–Crippen MR) is 80.2 cm³/mol. The minimum absolute atomic E-state index is 0.196. The van der Waals surface area contributed by atoms with E-state index in [1.165, 1.54) is 28.8 Å². The Hall–Kier alpha value is -2.40. The quantitative estimate of drug-likeness (QED) is 0.809. The molecule has 0 fully saturated rings. The summed E-state index contributed by atoms with van der Waals surface area (Å²) in [5.41, 5.74) is 1.70. The summed E-state index contributed by atoms with van der Waals surface area (Å²) in [6.45, 7) is 0.375. The largest absolute Gasteiger partial charge is 0.379 e. The average Bonchev–Trinajstić information content (AvgIpc) is 2.47. The lowest BCUT2D eigenvalue weighted by Gasteiger charge is -2.07. The number of nitrogens with one attached hydrogen (secondary N) is 1. The standard InChI is InChI=1S/C15H11ClFN3O/c16-10-1-6-14-19-13(7-15(21)20(14)9-10)8-18-12-4-2-11(17)3-5-12/h1-7,9,18H,8H2. The normalized spacial score (nSPS) is 10.8. The van der Waals surface area contributed by atoms with Gasteiger partial charge in [0.25, 0.3) is 5.56 Å². The Bertz CT molecular complexity index is 846. The molecule has 0 bridgehead atoms. The molecule has 1 aromatic carbocycles. The summed E-state index contributed by atoms with van der Waals surface area (Å²) < 4.78 is 14.2. The average molecular weight is 304 g/mol. The topological polar surface area (TPSA) is 46.4 Å². The fourth-order valence-corrected chi connectivity index (χ4v) is 2.14. The molecule has 1 N–H and O–H groups in total. The first-order chi connectivity index (χ1) is 10.1. The summed E-state index contributed by atoms with van der Waals surface area (Å²) in [6, 6.07) is 10.8. The lowest BCUT2D eigenvalue weighted by atomic mass is 10.3. The van der Waals surface area contributed by atoms with Crippen LogP contribution in [0.3, 0.4) is 0 Å². The molecule has 0 spiro atoms. The maximum Gasteiger partial charge on any atom is 0.258 e. The third kappa shape index (κ3) is 3.03. The second-order valence-electron chi connectivity index (χ2n) is 4.52. The van der Waals surface area contributed by atoms with Gasteiger partial charge in [-0.3, -0.25) is 9.20 Å². The van der Waals surface area contributed by atoms with Crippen molar-refractivity contribution in [1.29, 1.82) is 0 Å². The van der Waals surface area contributed by atoms with E-state index in [4.69, 9.17) is 11.6 Å². The van der Waals surface area contributed by atoms with Gasteiger partial charge in [-0.1, -0.05) is 11.6 Å². The van der Waals surface area contributed by atoms with Gasteiger partial charge in [0.1, 0.15) is 11.5 Å². The van der Waals surface area contributed by atoms with Crippen LogP contribution in [-0.4, -0.2) is 9.38 Å². The van der Waals surface area contributed by atoms with Crippen LogP contribution in [0.15, 0.2) is 53.5 Å². The highest BCUT2D eigenvalue weighted by Crippen LogP contribution is 2.11. The van der Waals surface area contributed by atoms with Crippen LogP contribution in [0.25, 0.3) is 5.65 Å². The second-order valence-corrected chi connectivity index (χ2v) is 4.96. The van der Waals surface area contributed by atoms with Crippen LogP contribution < -0.4 is 10.9 Å². The van der Waals surface area contributed by atoms with Crippen LogP contribution in [0.5, 0.6) is 0 Å². The van der Waals surface area contributed by atoms with Crippen LogP contribution >= 0.6 is 11.6 Å². The highest BCUT2D eigenvalue weighted by Gasteiger charge is 2.03. The summed E-state index contributed by atoms with van der Waals surface area (Å²) in [7, 11) is 0. The number of halogens is 2. The molecule has 6 heteroatoms. The van der Waals surface area contributed by atoms with Crippen molar-refractivity contribution < 1.29 is 4.39 Å². The van der Waals surface area contributed by atoms with Crippen molar-refractivity contribution in [2.24, 2.45) is 0 Å². The number of anilines is 1. The predicted octanol–water partition coefficient (Wildman–Crippen LogP) is 3.10. The second kappa shape index (κ2) is 5.54. The molecule has 0 radical (unpaired) electrons. The van der Waals surface area contributed by atoms with Crippen LogP contribution in [0.2, 0.25) is 5.02 Å². The summed E-state index contributed by atoms with van der Waals surface area (Å²) >= 11 is 5.85. The lowest BCUT2D eigenvalue weighted by Crippen LogP contribution is -2.16. The number of nitrogens with zero attached hydrogens (tertiary/aromatic N) is 2. The van der Waals surface area contributed by atoms with Gasteiger partial charge in [0, 0.05) is 18.0 Å². The summed E-state index contributed by atoms with van der Waals surface area (Å²) in [5.74, 6) is -0.292. The van der Waals surface area contributed by atoms with Gasteiger partial charge in [-0.25, -0.2) is 9.37 Å². The van der Waals surface area contributed by atoms with Gasteiger partial charge in [0.2, 0.25) is 0 Å². The molecule has 106 valence electrons. The number of pyridine rings is 1. The highest BCUT2D eigenvalue weighted by molar-refractivity contribution is 6.30. The fourth-order valence-electron chi connectivity index (χ4n) is 1.98. The van der Waals surface area contributed by atoms with Crippen molar-refractivity contribution in [3.63, 3.8) is 0 Å². The van der Waals surface area contributed by atoms with Gasteiger partial charge in [-0.2, -0.15) is 0 Å². The summed E-state index contributed by atoms with van der Waals surface area (Å²) in [6.07, 6.45) is 1.53. The zero-order chi connectivity index (χ0) is 14.8. The number of aromatic nitrogens is 2. The van der Waals surface area contributed by atoms with E-state index in [1.807, 2.05) is 0 Å². The Kier molecular flexibility index (Phi) is 3.58. The first-order valence-corrected chi connectivity index (χ1v) is 6.67. The maximum atomic E-state index is 12.8. The minimum Gasteiger partial charge on any atom is -0.379 e. The van der Waals surface area contributed by atoms with E-state index in [2.05, 4.69) is 10.3 Å². The van der Waals surface area contributed by atoms with Gasteiger partial charge in [-0.05, 0) is 36.4 Å². The molecule has 0 aliphatic carbocycles. The molecular weight excluding hydrogens is 293 g/mol. The molecule has 21 heavy (non-hydrogen) atoms. The van der Waals surface area contributed by atoms with Crippen LogP contribution in [0, 0.1) is 5.82 Å². The van der Waals surface area contributed by atoms with Gasteiger partial charge in [-0.15, -0.1) is 0 Å². The van der Waals surface area contributed by atoms with E-state index < -0.39 is 0 Å². The zero-order valence-corrected chi connectivity index (χ0v) is 11.6. The molecule has 0 atom stereocenters. The van der Waals surface area contributed by atoms with E-state index in [1.54, 1.807) is 24.3 Å². The molecule has 3 rings (SSSR count). The van der Waals surface area contributed by atoms with E-state index >= 15 is 0 Å².